The van der Waals surface area contributed by atoms with Gasteiger partial charge in [-0.2, -0.15) is 124 Å². The summed E-state index contributed by atoms with van der Waals surface area (Å²) in [7, 11) is -63.2. The van der Waals surface area contributed by atoms with E-state index in [-0.39, 0.29) is 28.8 Å². The van der Waals surface area contributed by atoms with E-state index in [0.29, 0.717) is 32.2 Å². The lowest BCUT2D eigenvalue weighted by molar-refractivity contribution is -0.152. The molecule has 0 unspecified atom stereocenters. The number of hydrogen-bond acceptors (Lipinski definition) is 38. The third-order valence-electron chi connectivity index (χ3n) is 9.29. The Bertz CT molecular complexity index is 4960. The van der Waals surface area contributed by atoms with Crippen LogP contribution in [0.1, 0.15) is 6.92 Å². The van der Waals surface area contributed by atoms with Gasteiger partial charge in [0.25, 0.3) is 89.3 Å². The van der Waals surface area contributed by atoms with Crippen LogP contribution in [0.3, 0.4) is 0 Å². The van der Waals surface area contributed by atoms with Crippen LogP contribution < -0.4 is 37.6 Å². The Kier molecular flexibility index (Phi) is 39.7. The molecule has 628 valence electrons. The molecule has 66 heteroatoms. The van der Waals surface area contributed by atoms with Gasteiger partial charge in [0.05, 0.1) is 14.2 Å². The number of hydrogen-bond donors (Lipinski definition) is 6. The van der Waals surface area contributed by atoms with Crippen LogP contribution in [0.15, 0.2) is 121 Å². The van der Waals surface area contributed by atoms with Crippen molar-refractivity contribution >= 4 is 161 Å². The predicted octanol–water partition coefficient (Wildman–Crippen LogP) is -0.211. The van der Waals surface area contributed by atoms with Crippen LogP contribution in [0.4, 0.5) is 49.1 Å². The summed E-state index contributed by atoms with van der Waals surface area (Å²) in [5, 5.41) is -3.70. The molecule has 0 aliphatic heterocycles. The zero-order valence-corrected chi connectivity index (χ0v) is 65.2. The van der Waals surface area contributed by atoms with Crippen molar-refractivity contribution < 1.29 is 206 Å². The van der Waals surface area contributed by atoms with Crippen LogP contribution in [0, 0.1) is 0 Å². The van der Waals surface area contributed by atoms with Crippen molar-refractivity contribution in [1.29, 1.82) is 0 Å². The summed E-state index contributed by atoms with van der Waals surface area (Å²) in [5.41, 5.74) is 8.93. The van der Waals surface area contributed by atoms with Crippen molar-refractivity contribution in [3.05, 3.63) is 121 Å². The third-order valence-corrected chi connectivity index (χ3v) is 36.3. The Labute approximate surface area is 619 Å². The van der Waals surface area contributed by atoms with E-state index in [0.717, 1.165) is 0 Å². The van der Waals surface area contributed by atoms with Gasteiger partial charge in [-0.1, -0.05) is 79.7 Å². The number of sulfone groups is 1. The second kappa shape index (κ2) is 41.6. The van der Waals surface area contributed by atoms with Crippen molar-refractivity contribution in [2.45, 2.75) is 42.4 Å². The molecule has 0 fully saturated rings. The smallest absolute Gasteiger partial charge is 0.381 e. The molecule has 0 saturated heterocycles. The number of nitrogens with two attached hydrogens (primary N) is 2. The number of sulfonamides is 2. The number of benzene rings is 4. The van der Waals surface area contributed by atoms with Gasteiger partial charge in [0.15, 0.2) is 34.4 Å². The molecule has 0 aromatic heterocycles. The van der Waals surface area contributed by atoms with Gasteiger partial charge < -0.3 is 33.0 Å². The Morgan fingerprint density at radius 3 is 0.890 bits per heavy atom. The fourth-order valence-electron chi connectivity index (χ4n) is 5.69. The maximum absolute atomic E-state index is 12.4. The molecule has 0 spiro atoms. The Morgan fingerprint density at radius 1 is 0.450 bits per heavy atom. The highest BCUT2D eigenvalue weighted by Crippen LogP contribution is 2.33. The predicted molar refractivity (Wildman–Crippen MR) is 354 cm³/mol. The van der Waals surface area contributed by atoms with Crippen LogP contribution in [0.5, 0.6) is 23.0 Å². The monoisotopic (exact) mass is 1870 g/mol. The molecule has 0 saturated carbocycles. The average Bonchev–Trinajstić information content (AvgIpc) is 0.771. The molecule has 0 atom stereocenters. The van der Waals surface area contributed by atoms with E-state index >= 15 is 0 Å². The van der Waals surface area contributed by atoms with Gasteiger partial charge in [0, 0.05) is 6.26 Å². The van der Waals surface area contributed by atoms with Crippen molar-refractivity contribution in [2.75, 3.05) is 49.6 Å². The lowest BCUT2D eigenvalue weighted by Gasteiger charge is -2.17. The number of alkyl halides is 9. The normalized spacial score (nSPS) is 13.1. The van der Waals surface area contributed by atoms with Crippen molar-refractivity contribution in [2.24, 2.45) is 11.5 Å². The van der Waals surface area contributed by atoms with Crippen LogP contribution >= 0.6 is 11.8 Å². The molecule has 4 aromatic carbocycles. The lowest BCUT2D eigenvalue weighted by Crippen LogP contribution is -2.44. The van der Waals surface area contributed by atoms with Crippen molar-refractivity contribution in [1.82, 2.24) is 9.44 Å². The molecule has 0 radical (unpaired) electrons. The van der Waals surface area contributed by atoms with Gasteiger partial charge in [-0.25, -0.2) is 44.3 Å². The first-order valence-electron chi connectivity index (χ1n) is 26.0. The minimum atomic E-state index is -5.54. The molecule has 0 aliphatic carbocycles. The van der Waals surface area contributed by atoms with Crippen LogP contribution in [0.25, 0.3) is 0 Å². The van der Waals surface area contributed by atoms with E-state index in [4.69, 9.17) is 17.5 Å². The number of amides is 4. The van der Waals surface area contributed by atoms with E-state index in [9.17, 15) is 163 Å². The molecule has 4 amide bonds. The Hall–Kier alpha value is -6.88. The number of aldehydes is 1. The Morgan fingerprint density at radius 2 is 0.706 bits per heavy atom. The van der Waals surface area contributed by atoms with Crippen LogP contribution in [-0.2, 0) is 153 Å². The van der Waals surface area contributed by atoms with E-state index < -0.39 is 208 Å². The molecular weight excluding hydrogens is 1820 g/mol. The number of nitrogens with one attached hydrogen (secondary N) is 2. The molecule has 4 rings (SSSR count). The second-order valence-corrected chi connectivity index (χ2v) is 44.9. The van der Waals surface area contributed by atoms with Gasteiger partial charge in [0.1, 0.15) is 23.0 Å². The number of thioether (sulfide) groups is 1. The highest BCUT2D eigenvalue weighted by Gasteiger charge is 2.59. The average molecular weight is 1870 g/mol. The number of para-hydroxylation sites is 4. The standard InChI is InChI=1S/C15H16O6S3.C14H14O8S3.C5H6F6O6S2.C4H7F3O6S2.C3H8N4O6S2.C2H4O7S2/c1-2-22-15(23(16,17)20-13-9-5-3-6-10-13)24(18,19)21-14-11-7-4-8-12-14;1-23(15,16)14(24(17,18)21-12-8-4-2-5-9-12)25(19,20)22-13-10-6-3-7-11-13;6-4(7,8)1-16-18(12,13)3-19(14,15)17-2-5(9,10)11;1-12-14(8,9)3(4(5,6)7)15(10,11)13-2;4-2(8)6-14(10,11)1-15(12,13)7-3(5)9;3-1-2(10(4,5)6)11(7,8)9/h3-12,15H,2H2,1H3;2-11,14H,1H3;1-3H2;3H,1-2H3;1H2,(H3,4,6,8)(H3,5,7,9);1-2H,(H,4,5,6)(H,7,8,9). The molecule has 0 heterocycles. The fraction of sp³-hybridized carbons (Fsp3) is 0.372. The summed E-state index contributed by atoms with van der Waals surface area (Å²) in [5.74, 6) is -0.139. The number of urea groups is 2. The number of carbonyl (C=O) groups is 3. The summed E-state index contributed by atoms with van der Waals surface area (Å²) < 4.78 is 438. The van der Waals surface area contributed by atoms with Crippen LogP contribution in [0.2, 0.25) is 0 Å². The van der Waals surface area contributed by atoms with Crippen molar-refractivity contribution in [3.63, 3.8) is 0 Å². The molecule has 0 bridgehead atoms. The van der Waals surface area contributed by atoms with Crippen molar-refractivity contribution in [3.8, 4) is 23.0 Å². The minimum Gasteiger partial charge on any atom is -0.381 e. The topological polar surface area (TPSA) is 685 Å². The number of primary amides is 2. The van der Waals surface area contributed by atoms with E-state index in [1.165, 1.54) is 82.2 Å². The first-order chi connectivity index (χ1) is 48.7. The number of carbonyl (C=O) groups excluding carboxylic acids is 3. The second-order valence-electron chi connectivity index (χ2n) is 18.4. The first-order valence-corrected chi connectivity index (χ1v) is 47.3. The fourth-order valence-corrected chi connectivity index (χ4v) is 26.1. The van der Waals surface area contributed by atoms with E-state index in [1.54, 1.807) is 55.5 Å². The van der Waals surface area contributed by atoms with Gasteiger partial charge in [-0.05, 0) is 54.3 Å². The maximum atomic E-state index is 12.4. The van der Waals surface area contributed by atoms with Gasteiger partial charge in [0.2, 0.25) is 5.08 Å². The van der Waals surface area contributed by atoms with E-state index in [1.807, 2.05) is 0 Å². The van der Waals surface area contributed by atoms with E-state index in [2.05, 4.69) is 36.6 Å². The quantitative estimate of drug-likeness (QED) is 0.0159. The SMILES string of the molecule is CCSC(S(=O)(=O)Oc1ccccc1)S(=O)(=O)Oc1ccccc1.COS(=O)(=O)C(C(F)(F)F)S(=O)(=O)OC.CS(=O)(=O)C(S(=O)(=O)Oc1ccccc1)S(=O)(=O)Oc1ccccc1.NC(=O)NS(=O)(=O)CS(=O)(=O)NC(N)=O.O=CC(S(=O)(=O)O)S(=O)(=O)O.O=S(=O)(CS(=O)(=O)OCC(F)(F)F)OCC(F)(F)F. The Balaban J connectivity index is 0. The highest BCUT2D eigenvalue weighted by molar-refractivity contribution is 8.25. The minimum absolute atomic E-state index is 0.0362. The molecule has 4 aromatic rings. The molecule has 0 aliphatic rings. The largest absolute Gasteiger partial charge is 0.424 e. The summed E-state index contributed by atoms with van der Waals surface area (Å²) in [6.07, 6.45) is -15.8. The lowest BCUT2D eigenvalue weighted by atomic mass is 10.3. The summed E-state index contributed by atoms with van der Waals surface area (Å²) in [4.78, 5) is 30.0. The highest BCUT2D eigenvalue weighted by atomic mass is 32.3. The summed E-state index contributed by atoms with van der Waals surface area (Å²) in [6, 6.07) is 26.4. The van der Waals surface area contributed by atoms with Crippen LogP contribution in [-0.4, -0.2) is 222 Å². The molecule has 109 heavy (non-hydrogen) atoms. The number of rotatable bonds is 32. The summed E-state index contributed by atoms with van der Waals surface area (Å²) >= 11 is 0.703. The zero-order valence-electron chi connectivity index (χ0n) is 53.7. The maximum Gasteiger partial charge on any atom is 0.424 e. The van der Waals surface area contributed by atoms with Gasteiger partial charge in [-0.15, -0.1) is 11.8 Å². The van der Waals surface area contributed by atoms with Gasteiger partial charge >= 0.3 is 79.6 Å². The van der Waals surface area contributed by atoms with Gasteiger partial charge in [-0.3, -0.25) is 25.8 Å². The molecule has 8 N–H and O–H groups in total. The molecular formula is C43H55F9N4O39S14. The first kappa shape index (κ1) is 104. The number of halogens is 9. The third kappa shape index (κ3) is 42.9. The molecule has 43 nitrogen and oxygen atoms in total. The zero-order chi connectivity index (χ0) is 85.9. The summed E-state index contributed by atoms with van der Waals surface area (Å²) in [6.45, 7) is -2.96.